The van der Waals surface area contributed by atoms with E-state index >= 15 is 0 Å². The van der Waals surface area contributed by atoms with Crippen molar-refractivity contribution >= 4 is 12.6 Å². The van der Waals surface area contributed by atoms with E-state index in [1.54, 1.807) is 0 Å². The zero-order valence-electron chi connectivity index (χ0n) is 9.00. The highest BCUT2D eigenvalue weighted by Crippen LogP contribution is 2.26. The van der Waals surface area contributed by atoms with E-state index < -0.39 is 0 Å². The van der Waals surface area contributed by atoms with Gasteiger partial charge in [-0.25, -0.2) is 0 Å². The van der Waals surface area contributed by atoms with Crippen LogP contribution in [0.25, 0.3) is 0 Å². The predicted octanol–water partition coefficient (Wildman–Crippen LogP) is 2.82. The molecule has 78 valence electrons. The molecule has 0 aromatic rings. The molecule has 1 aliphatic rings. The van der Waals surface area contributed by atoms with Crippen molar-refractivity contribution in [1.29, 1.82) is 0 Å². The number of nitrogens with zero attached hydrogens (tertiary/aromatic N) is 1. The van der Waals surface area contributed by atoms with Crippen molar-refractivity contribution in [3.05, 3.63) is 0 Å². The molecule has 0 heterocycles. The van der Waals surface area contributed by atoms with Gasteiger partial charge in [-0.1, -0.05) is 6.92 Å². The second-order valence-corrected chi connectivity index (χ2v) is 4.92. The normalized spacial score (nSPS) is 29.5. The Morgan fingerprint density at radius 1 is 1.23 bits per heavy atom. The molecule has 0 aromatic heterocycles. The number of thiol groups is 1. The maximum Gasteiger partial charge on any atom is 0.00924 e. The van der Waals surface area contributed by atoms with Crippen LogP contribution in [0.1, 0.15) is 39.0 Å². The summed E-state index contributed by atoms with van der Waals surface area (Å²) in [7, 11) is 2.27. The monoisotopic (exact) mass is 201 g/mol. The van der Waals surface area contributed by atoms with Gasteiger partial charge in [-0.15, -0.1) is 0 Å². The molecule has 1 aliphatic carbocycles. The van der Waals surface area contributed by atoms with Gasteiger partial charge in [0, 0.05) is 6.04 Å². The third-order valence-corrected chi connectivity index (χ3v) is 3.59. The van der Waals surface area contributed by atoms with E-state index in [0.29, 0.717) is 0 Å². The molecule has 0 amide bonds. The molecule has 1 saturated carbocycles. The van der Waals surface area contributed by atoms with E-state index in [1.165, 1.54) is 38.6 Å². The molecule has 0 spiro atoms. The summed E-state index contributed by atoms with van der Waals surface area (Å²) in [6, 6.07) is 0.857. The first-order valence-electron chi connectivity index (χ1n) is 5.55. The molecule has 1 rings (SSSR count). The van der Waals surface area contributed by atoms with Crippen LogP contribution in [0, 0.1) is 5.92 Å². The Kier molecular flexibility index (Phi) is 5.18. The van der Waals surface area contributed by atoms with Crippen LogP contribution in [0.15, 0.2) is 0 Å². The lowest BCUT2D eigenvalue weighted by molar-refractivity contribution is 0.171. The van der Waals surface area contributed by atoms with E-state index in [9.17, 15) is 0 Å². The third kappa shape index (κ3) is 3.90. The van der Waals surface area contributed by atoms with Gasteiger partial charge in [-0.05, 0) is 57.4 Å². The van der Waals surface area contributed by atoms with Crippen LogP contribution in [0.4, 0.5) is 0 Å². The van der Waals surface area contributed by atoms with Gasteiger partial charge < -0.3 is 4.90 Å². The Morgan fingerprint density at radius 3 is 2.38 bits per heavy atom. The van der Waals surface area contributed by atoms with Crippen LogP contribution >= 0.6 is 12.6 Å². The molecule has 0 saturated heterocycles. The largest absolute Gasteiger partial charge is 0.303 e. The summed E-state index contributed by atoms with van der Waals surface area (Å²) in [6.07, 6.45) is 6.89. The Bertz CT molecular complexity index is 130. The first-order chi connectivity index (χ1) is 6.24. The summed E-state index contributed by atoms with van der Waals surface area (Å²) >= 11 is 4.25. The fourth-order valence-corrected chi connectivity index (χ4v) is 2.33. The summed E-state index contributed by atoms with van der Waals surface area (Å²) in [5.74, 6) is 1.99. The van der Waals surface area contributed by atoms with Gasteiger partial charge in [-0.2, -0.15) is 12.6 Å². The molecular weight excluding hydrogens is 178 g/mol. The summed E-state index contributed by atoms with van der Waals surface area (Å²) in [4.78, 5) is 2.53. The van der Waals surface area contributed by atoms with Gasteiger partial charge in [0.1, 0.15) is 0 Å². The van der Waals surface area contributed by atoms with Gasteiger partial charge >= 0.3 is 0 Å². The molecule has 0 aromatic carbocycles. The highest BCUT2D eigenvalue weighted by Gasteiger charge is 2.20. The predicted molar refractivity (Wildman–Crippen MR) is 62.5 cm³/mol. The molecule has 0 N–H and O–H groups in total. The lowest BCUT2D eigenvalue weighted by Gasteiger charge is -2.33. The Hall–Kier alpha value is 0.310. The van der Waals surface area contributed by atoms with Crippen molar-refractivity contribution in [3.8, 4) is 0 Å². The Balaban J connectivity index is 2.19. The number of hydrogen-bond donors (Lipinski definition) is 1. The minimum Gasteiger partial charge on any atom is -0.303 e. The van der Waals surface area contributed by atoms with E-state index in [2.05, 4.69) is 31.5 Å². The topological polar surface area (TPSA) is 3.24 Å². The fraction of sp³-hybridized carbons (Fsp3) is 1.00. The summed E-state index contributed by atoms with van der Waals surface area (Å²) in [5, 5.41) is 0. The molecule has 0 unspecified atom stereocenters. The first-order valence-corrected chi connectivity index (χ1v) is 6.18. The maximum atomic E-state index is 4.25. The molecule has 0 radical (unpaired) electrons. The summed E-state index contributed by atoms with van der Waals surface area (Å²) in [5.41, 5.74) is 0. The van der Waals surface area contributed by atoms with Crippen molar-refractivity contribution in [2.24, 2.45) is 5.92 Å². The van der Waals surface area contributed by atoms with Gasteiger partial charge in [0.15, 0.2) is 0 Å². The highest BCUT2D eigenvalue weighted by atomic mass is 32.1. The minimum atomic E-state index is 0.857. The van der Waals surface area contributed by atoms with Crippen LogP contribution in [0.2, 0.25) is 0 Å². The SMILES string of the molecule is CC1CCC(N(C)CCCS)CC1. The van der Waals surface area contributed by atoms with Crippen LogP contribution in [0.5, 0.6) is 0 Å². The molecule has 1 fully saturated rings. The Morgan fingerprint density at radius 2 is 1.85 bits per heavy atom. The molecule has 0 aliphatic heterocycles. The first kappa shape index (κ1) is 11.4. The standard InChI is InChI=1S/C11H23NS/c1-10-4-6-11(7-5-10)12(2)8-3-9-13/h10-11,13H,3-9H2,1-2H3. The maximum absolute atomic E-state index is 4.25. The van der Waals surface area contributed by atoms with Crippen molar-refractivity contribution in [2.45, 2.75) is 45.1 Å². The highest BCUT2D eigenvalue weighted by molar-refractivity contribution is 7.80. The van der Waals surface area contributed by atoms with Gasteiger partial charge in [-0.3, -0.25) is 0 Å². The minimum absolute atomic E-state index is 0.857. The fourth-order valence-electron chi connectivity index (χ4n) is 2.19. The molecule has 0 atom stereocenters. The van der Waals surface area contributed by atoms with Crippen LogP contribution < -0.4 is 0 Å². The average Bonchev–Trinajstić information content (AvgIpc) is 2.15. The second kappa shape index (κ2) is 5.92. The number of hydrogen-bond acceptors (Lipinski definition) is 2. The van der Waals surface area contributed by atoms with E-state index in [4.69, 9.17) is 0 Å². The van der Waals surface area contributed by atoms with E-state index in [-0.39, 0.29) is 0 Å². The summed E-state index contributed by atoms with van der Waals surface area (Å²) in [6.45, 7) is 3.60. The summed E-state index contributed by atoms with van der Waals surface area (Å²) < 4.78 is 0. The van der Waals surface area contributed by atoms with Crippen molar-refractivity contribution in [2.75, 3.05) is 19.3 Å². The second-order valence-electron chi connectivity index (χ2n) is 4.47. The van der Waals surface area contributed by atoms with Crippen LogP contribution in [-0.2, 0) is 0 Å². The molecule has 2 heteroatoms. The molecule has 1 nitrogen and oxygen atoms in total. The van der Waals surface area contributed by atoms with E-state index in [1.807, 2.05) is 0 Å². The number of rotatable bonds is 4. The lowest BCUT2D eigenvalue weighted by Crippen LogP contribution is -2.35. The Labute approximate surface area is 88.3 Å². The van der Waals surface area contributed by atoms with Crippen LogP contribution in [0.3, 0.4) is 0 Å². The zero-order valence-corrected chi connectivity index (χ0v) is 9.89. The van der Waals surface area contributed by atoms with Gasteiger partial charge in [0.25, 0.3) is 0 Å². The van der Waals surface area contributed by atoms with Gasteiger partial charge in [0.2, 0.25) is 0 Å². The van der Waals surface area contributed by atoms with Crippen molar-refractivity contribution < 1.29 is 0 Å². The van der Waals surface area contributed by atoms with Crippen molar-refractivity contribution in [1.82, 2.24) is 4.90 Å². The molecule has 13 heavy (non-hydrogen) atoms. The average molecular weight is 201 g/mol. The van der Waals surface area contributed by atoms with E-state index in [0.717, 1.165) is 17.7 Å². The lowest BCUT2D eigenvalue weighted by atomic mass is 9.87. The van der Waals surface area contributed by atoms with Crippen molar-refractivity contribution in [3.63, 3.8) is 0 Å². The molecular formula is C11H23NS. The smallest absolute Gasteiger partial charge is 0.00924 e. The zero-order chi connectivity index (χ0) is 9.68. The molecule has 0 bridgehead atoms. The van der Waals surface area contributed by atoms with Crippen LogP contribution in [-0.4, -0.2) is 30.3 Å². The third-order valence-electron chi connectivity index (χ3n) is 3.28. The quantitative estimate of drug-likeness (QED) is 0.685. The van der Waals surface area contributed by atoms with Gasteiger partial charge in [0.05, 0.1) is 0 Å².